The molecular weight excluding hydrogens is 507 g/mol. The largest absolute Gasteiger partial charge is 0.434 e. The highest BCUT2D eigenvalue weighted by molar-refractivity contribution is 5.74. The Hall–Kier alpha value is -4.79. The molecule has 0 radical (unpaired) electrons. The van der Waals surface area contributed by atoms with Gasteiger partial charge in [-0.15, -0.1) is 0 Å². The number of rotatable bonds is 5. The Bertz CT molecular complexity index is 1830. The summed E-state index contributed by atoms with van der Waals surface area (Å²) in [5.41, 5.74) is 2.61. The average Bonchev–Trinajstić information content (AvgIpc) is 3.58. The molecule has 6 rings (SSSR count). The maximum absolute atomic E-state index is 13.1. The molecule has 0 unspecified atom stereocenters. The number of halogens is 3. The predicted octanol–water partition coefficient (Wildman–Crippen LogP) is 4.33. The fourth-order valence-electron chi connectivity index (χ4n) is 4.78. The molecule has 0 bridgehead atoms. The van der Waals surface area contributed by atoms with Gasteiger partial charge in [0, 0.05) is 37.6 Å². The molecule has 0 atom stereocenters. The van der Waals surface area contributed by atoms with Gasteiger partial charge < -0.3 is 9.13 Å². The van der Waals surface area contributed by atoms with Gasteiger partial charge in [0.2, 0.25) is 5.62 Å². The number of pyridine rings is 1. The molecule has 1 aliphatic carbocycles. The van der Waals surface area contributed by atoms with Gasteiger partial charge in [-0.3, -0.25) is 15.0 Å². The molecule has 39 heavy (non-hydrogen) atoms. The number of aryl methyl sites for hydroxylation is 2. The zero-order valence-electron chi connectivity index (χ0n) is 21.0. The van der Waals surface area contributed by atoms with Gasteiger partial charge in [-0.2, -0.15) is 18.4 Å². The summed E-state index contributed by atoms with van der Waals surface area (Å²) in [4.78, 5) is 17.6. The van der Waals surface area contributed by atoms with Gasteiger partial charge in [0.15, 0.2) is 17.2 Å². The van der Waals surface area contributed by atoms with Crippen LogP contribution in [0.3, 0.4) is 0 Å². The first-order chi connectivity index (χ1) is 18.6. The monoisotopic (exact) mass is 529 g/mol. The summed E-state index contributed by atoms with van der Waals surface area (Å²) < 4.78 is 44.0. The minimum atomic E-state index is -4.52. The van der Waals surface area contributed by atoms with Crippen LogP contribution in [0.4, 0.5) is 13.2 Å². The smallest absolute Gasteiger partial charge is 0.333 e. The van der Waals surface area contributed by atoms with Gasteiger partial charge in [0.05, 0.1) is 24.5 Å². The SMILES string of the molecule is Cn1cc(C(F)(F)F)nc1-c1ccc(Cn2c(=N)n(C)c3cnc(-c4cccnc4C4(C#N)CC4)nc32)cc1. The fourth-order valence-corrected chi connectivity index (χ4v) is 4.78. The van der Waals surface area contributed by atoms with Gasteiger partial charge >= 0.3 is 6.18 Å². The highest BCUT2D eigenvalue weighted by Crippen LogP contribution is 2.49. The van der Waals surface area contributed by atoms with E-state index in [4.69, 9.17) is 10.4 Å². The molecule has 5 aromatic rings. The molecule has 12 heteroatoms. The normalized spacial score (nSPS) is 14.5. The molecule has 0 amide bonds. The molecule has 4 aromatic heterocycles. The van der Waals surface area contributed by atoms with Gasteiger partial charge in [0.25, 0.3) is 0 Å². The van der Waals surface area contributed by atoms with Crippen molar-refractivity contribution < 1.29 is 13.2 Å². The van der Waals surface area contributed by atoms with Crippen LogP contribution in [0.5, 0.6) is 0 Å². The van der Waals surface area contributed by atoms with Gasteiger partial charge in [-0.1, -0.05) is 24.3 Å². The summed E-state index contributed by atoms with van der Waals surface area (Å²) in [7, 11) is 3.29. The Kier molecular flexibility index (Phi) is 5.43. The van der Waals surface area contributed by atoms with E-state index in [2.05, 4.69) is 21.0 Å². The van der Waals surface area contributed by atoms with Crippen LogP contribution in [-0.2, 0) is 32.2 Å². The number of imidazole rings is 2. The van der Waals surface area contributed by atoms with E-state index in [1.165, 1.54) is 11.6 Å². The Balaban J connectivity index is 1.37. The molecule has 1 aliphatic rings. The Morgan fingerprint density at radius 1 is 1.08 bits per heavy atom. The lowest BCUT2D eigenvalue weighted by molar-refractivity contribution is -0.140. The Labute approximate surface area is 220 Å². The Morgan fingerprint density at radius 2 is 1.82 bits per heavy atom. The molecule has 196 valence electrons. The van der Waals surface area contributed by atoms with E-state index in [-0.39, 0.29) is 11.4 Å². The first-order valence-electron chi connectivity index (χ1n) is 12.2. The average molecular weight is 530 g/mol. The van der Waals surface area contributed by atoms with Crippen molar-refractivity contribution in [1.82, 2.24) is 33.6 Å². The van der Waals surface area contributed by atoms with Crippen LogP contribution < -0.4 is 5.62 Å². The molecule has 4 heterocycles. The number of benzene rings is 1. The van der Waals surface area contributed by atoms with E-state index in [1.54, 1.807) is 58.9 Å². The van der Waals surface area contributed by atoms with Crippen molar-refractivity contribution in [1.29, 1.82) is 10.7 Å². The topological polar surface area (TPSA) is 114 Å². The van der Waals surface area contributed by atoms with Crippen molar-refractivity contribution in [2.75, 3.05) is 0 Å². The molecule has 1 aromatic carbocycles. The van der Waals surface area contributed by atoms with Crippen molar-refractivity contribution >= 4 is 11.2 Å². The zero-order valence-corrected chi connectivity index (χ0v) is 21.0. The van der Waals surface area contributed by atoms with Crippen molar-refractivity contribution in [2.24, 2.45) is 14.1 Å². The van der Waals surface area contributed by atoms with Gasteiger partial charge in [0.1, 0.15) is 16.8 Å². The molecule has 0 spiro atoms. The third-order valence-electron chi connectivity index (χ3n) is 7.13. The number of alkyl halides is 3. The number of nitrogens with zero attached hydrogens (tertiary/aromatic N) is 8. The van der Waals surface area contributed by atoms with E-state index in [0.29, 0.717) is 40.4 Å². The minimum Gasteiger partial charge on any atom is -0.333 e. The van der Waals surface area contributed by atoms with Crippen LogP contribution in [0.1, 0.15) is 29.8 Å². The third kappa shape index (κ3) is 4.06. The third-order valence-corrected chi connectivity index (χ3v) is 7.13. The summed E-state index contributed by atoms with van der Waals surface area (Å²) in [5.74, 6) is 0.639. The summed E-state index contributed by atoms with van der Waals surface area (Å²) in [6.45, 7) is 0.309. The van der Waals surface area contributed by atoms with E-state index in [1.807, 2.05) is 6.07 Å². The molecule has 0 saturated heterocycles. The minimum absolute atomic E-state index is 0.210. The number of nitrogens with one attached hydrogen (secondary N) is 1. The number of fused-ring (bicyclic) bond motifs is 1. The van der Waals surface area contributed by atoms with Crippen molar-refractivity contribution in [2.45, 2.75) is 31.0 Å². The van der Waals surface area contributed by atoms with E-state index < -0.39 is 17.3 Å². The van der Waals surface area contributed by atoms with E-state index in [0.717, 1.165) is 24.6 Å². The summed E-state index contributed by atoms with van der Waals surface area (Å²) in [5, 5.41) is 18.4. The summed E-state index contributed by atoms with van der Waals surface area (Å²) in [6.07, 6.45) is 1.26. The van der Waals surface area contributed by atoms with Crippen LogP contribution in [0.15, 0.2) is 55.0 Å². The van der Waals surface area contributed by atoms with Crippen molar-refractivity contribution in [3.8, 4) is 28.8 Å². The molecule has 0 aliphatic heterocycles. The number of hydrogen-bond acceptors (Lipinski definition) is 6. The number of aromatic nitrogens is 7. The second kappa shape index (κ2) is 8.62. The lowest BCUT2D eigenvalue weighted by Crippen LogP contribution is -2.23. The molecule has 1 N–H and O–H groups in total. The first-order valence-corrected chi connectivity index (χ1v) is 12.2. The molecule has 1 fully saturated rings. The maximum Gasteiger partial charge on any atom is 0.434 e. The van der Waals surface area contributed by atoms with Gasteiger partial charge in [-0.25, -0.2) is 15.0 Å². The van der Waals surface area contributed by atoms with E-state index in [9.17, 15) is 18.4 Å². The van der Waals surface area contributed by atoms with E-state index >= 15 is 0 Å². The highest BCUT2D eigenvalue weighted by Gasteiger charge is 2.48. The quantitative estimate of drug-likeness (QED) is 0.364. The second-order valence-corrected chi connectivity index (χ2v) is 9.72. The van der Waals surface area contributed by atoms with Crippen LogP contribution in [0.25, 0.3) is 33.9 Å². The number of nitriles is 1. The summed E-state index contributed by atoms with van der Waals surface area (Å²) >= 11 is 0. The van der Waals surface area contributed by atoms with Gasteiger partial charge in [-0.05, 0) is 30.5 Å². The van der Waals surface area contributed by atoms with Crippen LogP contribution in [0.2, 0.25) is 0 Å². The molecule has 1 saturated carbocycles. The van der Waals surface area contributed by atoms with Crippen molar-refractivity contribution in [3.63, 3.8) is 0 Å². The second-order valence-electron chi connectivity index (χ2n) is 9.72. The molecule has 9 nitrogen and oxygen atoms in total. The number of hydrogen-bond donors (Lipinski definition) is 1. The van der Waals surface area contributed by atoms with Crippen LogP contribution >= 0.6 is 0 Å². The Morgan fingerprint density at radius 3 is 2.46 bits per heavy atom. The van der Waals surface area contributed by atoms with Crippen LogP contribution in [-0.4, -0.2) is 33.6 Å². The van der Waals surface area contributed by atoms with Crippen LogP contribution in [0, 0.1) is 16.7 Å². The predicted molar refractivity (Wildman–Crippen MR) is 135 cm³/mol. The molecular formula is C27H22F3N9. The fraction of sp³-hybridized carbons (Fsp3) is 0.259. The first kappa shape index (κ1) is 24.5. The maximum atomic E-state index is 13.1. The highest BCUT2D eigenvalue weighted by atomic mass is 19.4. The lowest BCUT2D eigenvalue weighted by atomic mass is 9.98. The zero-order chi connectivity index (χ0) is 27.5. The summed E-state index contributed by atoms with van der Waals surface area (Å²) in [6, 6.07) is 13.1. The standard InChI is InChI=1S/C27H22F3N9/c1-37-14-20(27(28,29)30)35-23(37)17-7-5-16(6-8-17)13-39-24-19(38(2)25(39)32)12-34-22(36-24)18-4-3-11-33-21(18)26(15-31)9-10-26/h3-8,11-12,14,32H,9-10,13H2,1-2H3. The van der Waals surface area contributed by atoms with Crippen molar-refractivity contribution in [3.05, 3.63) is 77.6 Å². The lowest BCUT2D eigenvalue weighted by Gasteiger charge is -2.11.